The molecule has 0 bridgehead atoms. The van der Waals surface area contributed by atoms with E-state index in [1.165, 1.54) is 24.3 Å². The van der Waals surface area contributed by atoms with Gasteiger partial charge in [-0.2, -0.15) is 0 Å². The Kier molecular flexibility index (Phi) is 5.04. The third-order valence-corrected chi connectivity index (χ3v) is 2.54. The molecule has 21 heavy (non-hydrogen) atoms. The summed E-state index contributed by atoms with van der Waals surface area (Å²) in [5, 5.41) is 9.13. The predicted octanol–water partition coefficient (Wildman–Crippen LogP) is 3.76. The van der Waals surface area contributed by atoms with Crippen molar-refractivity contribution in [1.82, 2.24) is 0 Å². The quantitative estimate of drug-likeness (QED) is 0.670. The van der Waals surface area contributed by atoms with E-state index in [0.717, 1.165) is 12.2 Å². The average Bonchev–Trinajstić information content (AvgIpc) is 2.49. The smallest absolute Gasteiger partial charge is 0.508 e. The van der Waals surface area contributed by atoms with E-state index in [2.05, 4.69) is 0 Å². The molecule has 0 radical (unpaired) electrons. The third-order valence-electron chi connectivity index (χ3n) is 2.54. The maximum Gasteiger partial charge on any atom is 0.519 e. The van der Waals surface area contributed by atoms with Crippen molar-refractivity contribution in [1.29, 1.82) is 0 Å². The zero-order valence-corrected chi connectivity index (χ0v) is 11.6. The fourth-order valence-electron chi connectivity index (χ4n) is 1.55. The maximum absolute atomic E-state index is 11.6. The molecule has 0 fully saturated rings. The van der Waals surface area contributed by atoms with Crippen LogP contribution in [0.15, 0.2) is 48.5 Å². The second-order valence-electron chi connectivity index (χ2n) is 4.27. The van der Waals surface area contributed by atoms with E-state index in [0.29, 0.717) is 18.1 Å². The lowest BCUT2D eigenvalue weighted by molar-refractivity contribution is 0.151. The molecule has 0 atom stereocenters. The van der Waals surface area contributed by atoms with Crippen molar-refractivity contribution in [3.05, 3.63) is 48.5 Å². The lowest BCUT2D eigenvalue weighted by atomic mass is 10.3. The minimum Gasteiger partial charge on any atom is -0.508 e. The molecule has 0 aliphatic rings. The monoisotopic (exact) mass is 288 g/mol. The van der Waals surface area contributed by atoms with E-state index in [-0.39, 0.29) is 5.75 Å². The van der Waals surface area contributed by atoms with E-state index in [9.17, 15) is 4.79 Å². The van der Waals surface area contributed by atoms with Crippen LogP contribution in [0.2, 0.25) is 0 Å². The first-order valence-corrected chi connectivity index (χ1v) is 6.59. The lowest BCUT2D eigenvalue weighted by Gasteiger charge is -2.07. The number of aromatic hydroxyl groups is 1. The molecule has 2 aromatic carbocycles. The number of carbonyl (C=O) groups excluding carboxylic acids is 1. The number of hydrogen-bond acceptors (Lipinski definition) is 5. The van der Waals surface area contributed by atoms with Crippen LogP contribution in [0.4, 0.5) is 4.79 Å². The first-order chi connectivity index (χ1) is 10.2. The highest BCUT2D eigenvalue weighted by Gasteiger charge is 2.08. The largest absolute Gasteiger partial charge is 0.519 e. The maximum atomic E-state index is 11.6. The van der Waals surface area contributed by atoms with Crippen LogP contribution >= 0.6 is 0 Å². The minimum absolute atomic E-state index is 0.0957. The topological polar surface area (TPSA) is 65.0 Å². The van der Waals surface area contributed by atoms with Crippen molar-refractivity contribution in [3.63, 3.8) is 0 Å². The third kappa shape index (κ3) is 4.72. The molecular weight excluding hydrogens is 272 g/mol. The molecule has 1 N–H and O–H groups in total. The van der Waals surface area contributed by atoms with Gasteiger partial charge in [0, 0.05) is 0 Å². The van der Waals surface area contributed by atoms with E-state index in [1.54, 1.807) is 24.3 Å². The van der Waals surface area contributed by atoms with Crippen LogP contribution < -0.4 is 14.2 Å². The van der Waals surface area contributed by atoms with Gasteiger partial charge in [0.25, 0.3) is 0 Å². The predicted molar refractivity (Wildman–Crippen MR) is 77.0 cm³/mol. The highest BCUT2D eigenvalue weighted by atomic mass is 16.7. The zero-order chi connectivity index (χ0) is 15.1. The summed E-state index contributed by atoms with van der Waals surface area (Å²) in [5.41, 5.74) is 0. The van der Waals surface area contributed by atoms with Gasteiger partial charge in [0.1, 0.15) is 23.0 Å². The van der Waals surface area contributed by atoms with E-state index in [1.807, 2.05) is 6.92 Å². The molecule has 0 amide bonds. The normalized spacial score (nSPS) is 9.95. The molecule has 0 saturated carbocycles. The van der Waals surface area contributed by atoms with Crippen LogP contribution in [-0.4, -0.2) is 17.9 Å². The first kappa shape index (κ1) is 14.7. The molecule has 0 heterocycles. The van der Waals surface area contributed by atoms with Crippen molar-refractivity contribution in [2.75, 3.05) is 6.61 Å². The SMILES string of the molecule is CCCOc1ccc(OC(=O)Oc2ccc(O)cc2)cc1. The molecule has 0 aliphatic heterocycles. The zero-order valence-electron chi connectivity index (χ0n) is 11.6. The number of benzene rings is 2. The van der Waals surface area contributed by atoms with E-state index >= 15 is 0 Å². The van der Waals surface area contributed by atoms with Gasteiger partial charge in [-0.3, -0.25) is 0 Å². The fourth-order valence-corrected chi connectivity index (χ4v) is 1.55. The average molecular weight is 288 g/mol. The summed E-state index contributed by atoms with van der Waals surface area (Å²) in [7, 11) is 0. The highest BCUT2D eigenvalue weighted by Crippen LogP contribution is 2.20. The van der Waals surface area contributed by atoms with Gasteiger partial charge in [0.2, 0.25) is 0 Å². The van der Waals surface area contributed by atoms with Crippen LogP contribution in [0.3, 0.4) is 0 Å². The summed E-state index contributed by atoms with van der Waals surface area (Å²) in [5.74, 6) is 1.47. The molecule has 0 unspecified atom stereocenters. The summed E-state index contributed by atoms with van der Waals surface area (Å²) in [6, 6.07) is 12.5. The van der Waals surface area contributed by atoms with Crippen LogP contribution in [0.5, 0.6) is 23.0 Å². The van der Waals surface area contributed by atoms with Gasteiger partial charge < -0.3 is 19.3 Å². The molecule has 5 heteroatoms. The van der Waals surface area contributed by atoms with Gasteiger partial charge in [0.05, 0.1) is 6.61 Å². The van der Waals surface area contributed by atoms with Crippen molar-refractivity contribution in [2.24, 2.45) is 0 Å². The Morgan fingerprint density at radius 2 is 1.38 bits per heavy atom. The molecular formula is C16H16O5. The molecule has 5 nitrogen and oxygen atoms in total. The van der Waals surface area contributed by atoms with Gasteiger partial charge >= 0.3 is 6.16 Å². The fraction of sp³-hybridized carbons (Fsp3) is 0.188. The second-order valence-corrected chi connectivity index (χ2v) is 4.27. The van der Waals surface area contributed by atoms with Gasteiger partial charge in [-0.1, -0.05) is 6.92 Å². The van der Waals surface area contributed by atoms with Crippen LogP contribution in [0.1, 0.15) is 13.3 Å². The van der Waals surface area contributed by atoms with Crippen molar-refractivity contribution < 1.29 is 24.1 Å². The molecule has 110 valence electrons. The molecule has 0 saturated heterocycles. The Bertz CT molecular complexity index is 575. The second kappa shape index (κ2) is 7.19. The number of rotatable bonds is 5. The standard InChI is InChI=1S/C16H16O5/c1-2-11-19-13-7-9-15(10-8-13)21-16(18)20-14-5-3-12(17)4-6-14/h3-10,17H,2,11H2,1H3. The summed E-state index contributed by atoms with van der Waals surface area (Å²) in [6.45, 7) is 2.67. The number of phenolic OH excluding ortho intramolecular Hbond substituents is 1. The van der Waals surface area contributed by atoms with Crippen molar-refractivity contribution >= 4 is 6.16 Å². The van der Waals surface area contributed by atoms with Crippen molar-refractivity contribution in [2.45, 2.75) is 13.3 Å². The first-order valence-electron chi connectivity index (χ1n) is 6.59. The van der Waals surface area contributed by atoms with Crippen LogP contribution in [0, 0.1) is 0 Å². The van der Waals surface area contributed by atoms with Crippen LogP contribution in [0.25, 0.3) is 0 Å². The van der Waals surface area contributed by atoms with Gasteiger partial charge in [-0.15, -0.1) is 0 Å². The summed E-state index contributed by atoms with van der Waals surface area (Å²) >= 11 is 0. The van der Waals surface area contributed by atoms with Gasteiger partial charge in [-0.05, 0) is 55.0 Å². The van der Waals surface area contributed by atoms with Gasteiger partial charge in [0.15, 0.2) is 0 Å². The molecule has 2 rings (SSSR count). The van der Waals surface area contributed by atoms with E-state index in [4.69, 9.17) is 19.3 Å². The summed E-state index contributed by atoms with van der Waals surface area (Å²) in [6.07, 6.45) is 0.0833. The number of carbonyl (C=O) groups is 1. The Labute approximate surface area is 122 Å². The summed E-state index contributed by atoms with van der Waals surface area (Å²) in [4.78, 5) is 11.6. The molecule has 0 aromatic heterocycles. The highest BCUT2D eigenvalue weighted by molar-refractivity contribution is 5.67. The molecule has 0 aliphatic carbocycles. The van der Waals surface area contributed by atoms with Gasteiger partial charge in [-0.25, -0.2) is 4.79 Å². The lowest BCUT2D eigenvalue weighted by Crippen LogP contribution is -2.13. The minimum atomic E-state index is -0.845. The van der Waals surface area contributed by atoms with Crippen LogP contribution in [-0.2, 0) is 0 Å². The van der Waals surface area contributed by atoms with E-state index < -0.39 is 6.16 Å². The van der Waals surface area contributed by atoms with Crippen molar-refractivity contribution in [3.8, 4) is 23.0 Å². The Morgan fingerprint density at radius 3 is 1.90 bits per heavy atom. The Morgan fingerprint density at radius 1 is 0.905 bits per heavy atom. The number of phenols is 1. The number of hydrogen-bond donors (Lipinski definition) is 1. The molecule has 0 spiro atoms. The molecule has 2 aromatic rings. The number of ether oxygens (including phenoxy) is 3. The Hall–Kier alpha value is -2.69. The summed E-state index contributed by atoms with van der Waals surface area (Å²) < 4.78 is 15.4. The Balaban J connectivity index is 1.88.